The van der Waals surface area contributed by atoms with Crippen LogP contribution in [0, 0.1) is 5.92 Å². The molecular formula is C19H22N6O3S2. The van der Waals surface area contributed by atoms with Crippen LogP contribution in [0.5, 0.6) is 5.88 Å². The molecule has 0 aromatic carbocycles. The van der Waals surface area contributed by atoms with Gasteiger partial charge in [-0.1, -0.05) is 11.8 Å². The van der Waals surface area contributed by atoms with Crippen LogP contribution in [0.2, 0.25) is 0 Å². The molecule has 0 radical (unpaired) electrons. The van der Waals surface area contributed by atoms with Gasteiger partial charge in [-0.3, -0.25) is 4.79 Å². The van der Waals surface area contributed by atoms with E-state index >= 15 is 0 Å². The number of aliphatic imine (C=N–C) groups is 1. The number of fused-ring (bicyclic) bond motifs is 1. The number of aromatic nitrogens is 3. The lowest BCUT2D eigenvalue weighted by Crippen LogP contribution is -2.49. The Morgan fingerprint density at radius 2 is 2.23 bits per heavy atom. The second-order valence-corrected chi connectivity index (χ2v) is 9.69. The van der Waals surface area contributed by atoms with Crippen LogP contribution in [0.1, 0.15) is 41.7 Å². The van der Waals surface area contributed by atoms with Crippen molar-refractivity contribution in [3.05, 3.63) is 28.5 Å². The third kappa shape index (κ3) is 3.88. The van der Waals surface area contributed by atoms with Crippen molar-refractivity contribution < 1.29 is 14.3 Å². The zero-order chi connectivity index (χ0) is 20.7. The number of hydrogen-bond donors (Lipinski definition) is 2. The summed E-state index contributed by atoms with van der Waals surface area (Å²) < 4.78 is 11.5. The number of ether oxygens (including phenoxy) is 2. The average Bonchev–Trinajstić information content (AvgIpc) is 3.43. The number of thioether (sulfide) groups is 1. The molecule has 1 saturated carbocycles. The monoisotopic (exact) mass is 446 g/mol. The molecule has 2 aromatic heterocycles. The Morgan fingerprint density at radius 1 is 1.37 bits per heavy atom. The first-order valence-corrected chi connectivity index (χ1v) is 11.7. The van der Waals surface area contributed by atoms with Gasteiger partial charge in [-0.15, -0.1) is 11.3 Å². The van der Waals surface area contributed by atoms with Crippen LogP contribution in [0.15, 0.2) is 22.8 Å². The van der Waals surface area contributed by atoms with E-state index in [1.807, 2.05) is 5.38 Å². The van der Waals surface area contributed by atoms with Crippen LogP contribution < -0.4 is 15.8 Å². The molecule has 30 heavy (non-hydrogen) atoms. The number of amides is 1. The summed E-state index contributed by atoms with van der Waals surface area (Å²) in [6, 6.07) is 0. The minimum absolute atomic E-state index is 0.183. The van der Waals surface area contributed by atoms with E-state index in [1.165, 1.54) is 23.7 Å². The second-order valence-electron chi connectivity index (χ2n) is 7.79. The highest BCUT2D eigenvalue weighted by Crippen LogP contribution is 2.47. The minimum atomic E-state index is -0.586. The van der Waals surface area contributed by atoms with Gasteiger partial charge in [-0.25, -0.2) is 19.9 Å². The molecule has 3 atom stereocenters. The SMILES string of the molecule is C[C@H]1C[C@H]2CSC(N)=NC2(c2nc(NC(=O)c3cnc(OC4CC4)cn3)cs2)CO1. The van der Waals surface area contributed by atoms with Gasteiger partial charge in [-0.05, 0) is 26.2 Å². The van der Waals surface area contributed by atoms with Crippen LogP contribution in [-0.2, 0) is 10.3 Å². The van der Waals surface area contributed by atoms with Crippen molar-refractivity contribution in [1.82, 2.24) is 15.0 Å². The van der Waals surface area contributed by atoms with Crippen LogP contribution in [0.3, 0.4) is 0 Å². The maximum absolute atomic E-state index is 12.6. The molecular weight excluding hydrogens is 424 g/mol. The quantitative estimate of drug-likeness (QED) is 0.717. The van der Waals surface area contributed by atoms with Gasteiger partial charge in [-0.2, -0.15) is 0 Å². The molecule has 2 fully saturated rings. The Kier molecular flexibility index (Phi) is 5.11. The van der Waals surface area contributed by atoms with Gasteiger partial charge < -0.3 is 20.5 Å². The van der Waals surface area contributed by atoms with Crippen LogP contribution in [0.4, 0.5) is 5.82 Å². The first kappa shape index (κ1) is 19.7. The molecule has 5 rings (SSSR count). The molecule has 1 unspecified atom stereocenters. The fourth-order valence-electron chi connectivity index (χ4n) is 3.64. The summed E-state index contributed by atoms with van der Waals surface area (Å²) in [5.41, 5.74) is 5.67. The van der Waals surface area contributed by atoms with Gasteiger partial charge in [0.15, 0.2) is 5.17 Å². The van der Waals surface area contributed by atoms with E-state index < -0.39 is 5.54 Å². The zero-order valence-corrected chi connectivity index (χ0v) is 18.0. The number of thiazole rings is 1. The average molecular weight is 447 g/mol. The van der Waals surface area contributed by atoms with Crippen molar-refractivity contribution in [2.24, 2.45) is 16.6 Å². The Labute approximate surface area is 181 Å². The topological polar surface area (TPSA) is 125 Å². The lowest BCUT2D eigenvalue weighted by atomic mass is 9.80. The lowest BCUT2D eigenvalue weighted by molar-refractivity contribution is -0.0466. The fourth-order valence-corrected chi connectivity index (χ4v) is 5.61. The number of nitrogens with two attached hydrogens (primary N) is 1. The number of carbonyl (C=O) groups excluding carboxylic acids is 1. The highest BCUT2D eigenvalue weighted by atomic mass is 32.2. The number of rotatable bonds is 5. The van der Waals surface area contributed by atoms with Gasteiger partial charge in [0.1, 0.15) is 28.2 Å². The fraction of sp³-hybridized carbons (Fsp3) is 0.526. The summed E-state index contributed by atoms with van der Waals surface area (Å²) in [7, 11) is 0. The number of carbonyl (C=O) groups is 1. The van der Waals surface area contributed by atoms with Crippen LogP contribution in [0.25, 0.3) is 0 Å². The first-order chi connectivity index (χ1) is 14.5. The van der Waals surface area contributed by atoms with E-state index in [1.54, 1.807) is 11.8 Å². The number of amidine groups is 1. The third-order valence-corrected chi connectivity index (χ3v) is 7.38. The normalized spacial score (nSPS) is 28.4. The number of nitrogens with one attached hydrogen (secondary N) is 1. The standard InChI is InChI=1S/C19H22N6O3S2/c1-10-4-11-7-30-18(20)25-19(11,9-27-10)17-24-14(8-29-17)23-16(26)13-5-22-15(6-21-13)28-12-2-3-12/h5-6,8,10-12H,2-4,7,9H2,1H3,(H2,20,25)(H,23,26)/t10-,11-,19?/m0/s1. The molecule has 3 aliphatic rings. The van der Waals surface area contributed by atoms with Gasteiger partial charge in [0.2, 0.25) is 5.88 Å². The Hall–Kier alpha value is -2.24. The van der Waals surface area contributed by atoms with E-state index in [0.717, 1.165) is 30.0 Å². The van der Waals surface area contributed by atoms with E-state index in [4.69, 9.17) is 20.2 Å². The summed E-state index contributed by atoms with van der Waals surface area (Å²) in [6.45, 7) is 2.51. The number of nitrogens with zero attached hydrogens (tertiary/aromatic N) is 4. The largest absolute Gasteiger partial charge is 0.473 e. The van der Waals surface area contributed by atoms with Crippen molar-refractivity contribution in [3.63, 3.8) is 0 Å². The maximum Gasteiger partial charge on any atom is 0.277 e. The third-order valence-electron chi connectivity index (χ3n) is 5.41. The molecule has 11 heteroatoms. The van der Waals surface area contributed by atoms with E-state index in [0.29, 0.717) is 23.5 Å². The number of anilines is 1. The summed E-state index contributed by atoms with van der Waals surface area (Å²) in [5.74, 6) is 1.70. The van der Waals surface area contributed by atoms with Crippen LogP contribution in [-0.4, -0.2) is 50.6 Å². The molecule has 3 N–H and O–H groups in total. The summed E-state index contributed by atoms with van der Waals surface area (Å²) >= 11 is 3.03. The van der Waals surface area contributed by atoms with Crippen molar-refractivity contribution in [1.29, 1.82) is 0 Å². The molecule has 2 aliphatic heterocycles. The highest BCUT2D eigenvalue weighted by Gasteiger charge is 2.49. The van der Waals surface area contributed by atoms with Crippen LogP contribution >= 0.6 is 23.1 Å². The molecule has 158 valence electrons. The molecule has 1 saturated heterocycles. The Balaban J connectivity index is 1.32. The minimum Gasteiger partial charge on any atom is -0.473 e. The molecule has 1 aliphatic carbocycles. The Bertz CT molecular complexity index is 977. The molecule has 2 aromatic rings. The first-order valence-electron chi connectivity index (χ1n) is 9.87. The summed E-state index contributed by atoms with van der Waals surface area (Å²) in [5, 5.41) is 5.95. The molecule has 1 amide bonds. The Morgan fingerprint density at radius 3 is 3.00 bits per heavy atom. The van der Waals surface area contributed by atoms with E-state index in [-0.39, 0.29) is 29.7 Å². The second kappa shape index (κ2) is 7.78. The predicted molar refractivity (Wildman–Crippen MR) is 115 cm³/mol. The van der Waals surface area contributed by atoms with E-state index in [2.05, 4.69) is 27.2 Å². The maximum atomic E-state index is 12.6. The number of hydrogen-bond acceptors (Lipinski definition) is 10. The highest BCUT2D eigenvalue weighted by molar-refractivity contribution is 8.13. The van der Waals surface area contributed by atoms with Crippen molar-refractivity contribution in [2.75, 3.05) is 17.7 Å². The molecule has 4 heterocycles. The lowest BCUT2D eigenvalue weighted by Gasteiger charge is -2.44. The molecule has 9 nitrogen and oxygen atoms in total. The smallest absolute Gasteiger partial charge is 0.277 e. The zero-order valence-electron chi connectivity index (χ0n) is 16.4. The van der Waals surface area contributed by atoms with Gasteiger partial charge in [0.25, 0.3) is 5.91 Å². The molecule has 0 bridgehead atoms. The van der Waals surface area contributed by atoms with Gasteiger partial charge in [0, 0.05) is 17.1 Å². The van der Waals surface area contributed by atoms with Crippen molar-refractivity contribution >= 4 is 40.0 Å². The van der Waals surface area contributed by atoms with Gasteiger partial charge in [0.05, 0.1) is 25.1 Å². The van der Waals surface area contributed by atoms with E-state index in [9.17, 15) is 4.79 Å². The molecule has 0 spiro atoms. The van der Waals surface area contributed by atoms with Crippen molar-refractivity contribution in [3.8, 4) is 5.88 Å². The summed E-state index contributed by atoms with van der Waals surface area (Å²) in [4.78, 5) is 30.3. The predicted octanol–water partition coefficient (Wildman–Crippen LogP) is 2.41. The summed E-state index contributed by atoms with van der Waals surface area (Å²) in [6.07, 6.45) is 6.28. The van der Waals surface area contributed by atoms with Crippen molar-refractivity contribution in [2.45, 2.75) is 43.9 Å². The van der Waals surface area contributed by atoms with Gasteiger partial charge >= 0.3 is 0 Å².